The number of aliphatic hydroxyl groups excluding tert-OH is 2. The van der Waals surface area contributed by atoms with Gasteiger partial charge in [0.15, 0.2) is 47.3 Å². The summed E-state index contributed by atoms with van der Waals surface area (Å²) in [7, 11) is 0. The van der Waals surface area contributed by atoms with Gasteiger partial charge in [0.05, 0.1) is 11.2 Å². The van der Waals surface area contributed by atoms with Gasteiger partial charge >= 0.3 is 6.97 Å². The molecule has 3 aliphatic rings. The number of fused-ring (bicyclic) bond motifs is 3. The second kappa shape index (κ2) is 15.3. The Morgan fingerprint density at radius 1 is 1.04 bits per heavy atom. The lowest BCUT2D eigenvalue weighted by Crippen LogP contribution is -2.50. The van der Waals surface area contributed by atoms with E-state index in [1.54, 1.807) is 73.7 Å². The molecule has 1 aromatic carbocycles. The topological polar surface area (TPSA) is 181 Å². The lowest BCUT2D eigenvalue weighted by molar-refractivity contribution is -0.360. The average molecular weight is 784 g/mol. The second-order valence-electron chi connectivity index (χ2n) is 13.1. The molecular formula is C37H36BF2N9O6S. The smallest absolute Gasteiger partial charge is 0.484 e. The maximum Gasteiger partial charge on any atom is 0.737 e. The maximum atomic E-state index is 16.1. The number of ether oxygens (including phenoxy) is 2. The van der Waals surface area contributed by atoms with E-state index in [1.807, 2.05) is 17.5 Å². The van der Waals surface area contributed by atoms with Crippen molar-refractivity contribution in [1.82, 2.24) is 34.6 Å². The van der Waals surface area contributed by atoms with Crippen LogP contribution in [-0.2, 0) is 14.3 Å². The Balaban J connectivity index is 0.824. The number of carbonyl (C=O) groups is 2. The Kier molecular flexibility index (Phi) is 10.1. The number of thiophene rings is 1. The van der Waals surface area contributed by atoms with E-state index in [9.17, 15) is 19.8 Å². The molecule has 1 fully saturated rings. The summed E-state index contributed by atoms with van der Waals surface area (Å²) in [6, 6.07) is 14.0. The lowest BCUT2D eigenvalue weighted by atomic mass is 9.90. The van der Waals surface area contributed by atoms with Crippen LogP contribution in [-0.4, -0.2) is 108 Å². The van der Waals surface area contributed by atoms with Gasteiger partial charge in [-0.2, -0.15) is 0 Å². The van der Waals surface area contributed by atoms with Crippen molar-refractivity contribution in [1.29, 1.82) is 0 Å². The number of nitrogens with zero attached hydrogens (tertiary/aromatic N) is 6. The van der Waals surface area contributed by atoms with Crippen LogP contribution < -0.4 is 20.7 Å². The van der Waals surface area contributed by atoms with Crippen molar-refractivity contribution >= 4 is 71.0 Å². The molecule has 0 saturated carbocycles. The summed E-state index contributed by atoms with van der Waals surface area (Å²) >= 11 is 1.42. The van der Waals surface area contributed by atoms with E-state index in [4.69, 9.17) is 9.47 Å². The molecule has 3 aliphatic heterocycles. The van der Waals surface area contributed by atoms with E-state index in [0.717, 1.165) is 19.4 Å². The number of amides is 2. The number of hydrogen-bond acceptors (Lipinski definition) is 11. The van der Waals surface area contributed by atoms with Gasteiger partial charge in [-0.1, -0.05) is 24.3 Å². The summed E-state index contributed by atoms with van der Waals surface area (Å²) in [6.07, 6.45) is 6.08. The molecule has 0 spiro atoms. The number of aromatic nitrogens is 5. The minimum atomic E-state index is -4.14. The first-order valence-electron chi connectivity index (χ1n) is 17.9. The van der Waals surface area contributed by atoms with Crippen molar-refractivity contribution in [3.8, 4) is 5.75 Å². The zero-order valence-corrected chi connectivity index (χ0v) is 30.6. The largest absolute Gasteiger partial charge is 0.737 e. The molecule has 15 nitrogen and oxygen atoms in total. The van der Waals surface area contributed by atoms with E-state index in [-0.39, 0.29) is 25.6 Å². The van der Waals surface area contributed by atoms with Crippen molar-refractivity contribution < 1.29 is 42.4 Å². The number of carbonyl (C=O) groups excluding carboxylic acids is 2. The highest BCUT2D eigenvalue weighted by Gasteiger charge is 2.52. The normalized spacial score (nSPS) is 21.0. The summed E-state index contributed by atoms with van der Waals surface area (Å²) in [6.45, 7) is -1.80. The molecule has 1 saturated heterocycles. The van der Waals surface area contributed by atoms with Gasteiger partial charge in [-0.15, -0.1) is 11.3 Å². The third kappa shape index (κ3) is 6.89. The minimum absolute atomic E-state index is 0.228. The summed E-state index contributed by atoms with van der Waals surface area (Å²) in [4.78, 5) is 38.4. The Morgan fingerprint density at radius 2 is 1.88 bits per heavy atom. The number of benzene rings is 1. The van der Waals surface area contributed by atoms with Gasteiger partial charge in [-0.25, -0.2) is 15.0 Å². The number of anilines is 1. The van der Waals surface area contributed by atoms with Crippen molar-refractivity contribution in [2.75, 3.05) is 31.6 Å². The van der Waals surface area contributed by atoms with E-state index in [2.05, 4.69) is 30.9 Å². The number of halogens is 2. The predicted molar refractivity (Wildman–Crippen MR) is 206 cm³/mol. The van der Waals surface area contributed by atoms with Gasteiger partial charge < -0.3 is 53.2 Å². The molecule has 5 N–H and O–H groups in total. The fourth-order valence-electron chi connectivity index (χ4n) is 6.90. The first kappa shape index (κ1) is 36.9. The molecule has 7 heterocycles. The average Bonchev–Trinajstić information content (AvgIpc) is 4.04. The van der Waals surface area contributed by atoms with Gasteiger partial charge in [0, 0.05) is 49.3 Å². The van der Waals surface area contributed by atoms with Crippen molar-refractivity contribution in [3.05, 3.63) is 106 Å². The first-order valence-corrected chi connectivity index (χ1v) is 18.7. The highest BCUT2D eigenvalue weighted by molar-refractivity contribution is 7.12. The number of aliphatic hydroxyl groups is 2. The Bertz CT molecular complexity index is 2410. The van der Waals surface area contributed by atoms with E-state index in [0.29, 0.717) is 52.1 Å². The summed E-state index contributed by atoms with van der Waals surface area (Å²) in [5.74, 6) is -0.0699. The minimum Gasteiger partial charge on any atom is -0.484 e. The predicted octanol–water partition coefficient (Wildman–Crippen LogP) is 2.87. The summed E-state index contributed by atoms with van der Waals surface area (Å²) in [5, 5.41) is 31.3. The van der Waals surface area contributed by atoms with Crippen LogP contribution in [0, 0.1) is 0 Å². The fourth-order valence-corrected chi connectivity index (χ4v) is 7.65. The Hall–Kier alpha value is -6.02. The molecule has 0 radical (unpaired) electrons. The van der Waals surface area contributed by atoms with Crippen LogP contribution in [0.15, 0.2) is 84.4 Å². The number of likely N-dealkylation sites (N-methyl/N-ethyl adjacent to an activating group) is 1. The van der Waals surface area contributed by atoms with Crippen molar-refractivity contribution in [2.24, 2.45) is 0 Å². The van der Waals surface area contributed by atoms with Crippen LogP contribution in [0.5, 0.6) is 5.75 Å². The molecule has 4 atom stereocenters. The van der Waals surface area contributed by atoms with E-state index in [1.165, 1.54) is 28.6 Å². The second-order valence-corrected chi connectivity index (χ2v) is 14.1. The zero-order chi connectivity index (χ0) is 39.0. The molecule has 8 rings (SSSR count). The molecule has 288 valence electrons. The number of allylic oxidation sites excluding steroid dienone is 2. The maximum absolute atomic E-state index is 16.1. The van der Waals surface area contributed by atoms with Gasteiger partial charge in [-0.05, 0) is 54.3 Å². The molecule has 0 bridgehead atoms. The van der Waals surface area contributed by atoms with Crippen LogP contribution in [0.1, 0.15) is 35.0 Å². The first-order chi connectivity index (χ1) is 27.1. The van der Waals surface area contributed by atoms with Gasteiger partial charge in [0.2, 0.25) is 0 Å². The molecule has 56 heavy (non-hydrogen) atoms. The number of imidazole rings is 1. The highest BCUT2D eigenvalue weighted by atomic mass is 32.1. The zero-order valence-electron chi connectivity index (χ0n) is 29.8. The molecular weight excluding hydrogens is 747 g/mol. The number of rotatable bonds is 13. The Morgan fingerprint density at radius 3 is 2.66 bits per heavy atom. The number of hydrogen-bond donors (Lipinski definition) is 5. The van der Waals surface area contributed by atoms with Crippen molar-refractivity contribution in [3.63, 3.8) is 0 Å². The van der Waals surface area contributed by atoms with Crippen molar-refractivity contribution in [2.45, 2.75) is 31.5 Å². The van der Waals surface area contributed by atoms with Crippen LogP contribution in [0.3, 0.4) is 0 Å². The SMILES string of the molecule is CCNC(=O)[C@H]1O[C@@H](n2cnc3c(NCCNC(=O)COc4ccc(/C=C/c5ccc6n5[B-](F)(F)[N+]5=C(c7cccs7)C=CC5=C6)cc4)ncnc32)[C@H](O)[C@@H]1O. The third-order valence-corrected chi connectivity index (χ3v) is 10.4. The summed E-state index contributed by atoms with van der Waals surface area (Å²) in [5.41, 5.74) is 3.17. The molecule has 0 aliphatic carbocycles. The van der Waals surface area contributed by atoms with Gasteiger partial charge in [-0.3, -0.25) is 14.2 Å². The van der Waals surface area contributed by atoms with E-state index >= 15 is 8.63 Å². The quantitative estimate of drug-likeness (QED) is 0.0881. The molecule has 4 aromatic heterocycles. The van der Waals surface area contributed by atoms with Gasteiger partial charge in [0.25, 0.3) is 11.8 Å². The molecule has 2 amide bonds. The van der Waals surface area contributed by atoms with Crippen LogP contribution in [0.4, 0.5) is 14.4 Å². The molecule has 5 aromatic rings. The van der Waals surface area contributed by atoms with E-state index < -0.39 is 37.4 Å². The molecule has 19 heteroatoms. The lowest BCUT2D eigenvalue weighted by Gasteiger charge is -2.30. The van der Waals surface area contributed by atoms with Crippen LogP contribution in [0.2, 0.25) is 0 Å². The third-order valence-electron chi connectivity index (χ3n) is 9.54. The fraction of sp³-hybridized carbons (Fsp3) is 0.243. The standard InChI is InChI=1S/C37H36BF2N9O6S/c1-2-41-36(53)33-31(51)32(52)37(55-33)47-21-46-30-34(44-20-45-35(30)47)43-16-15-42-29(50)19-54-26-12-6-22(7-13-26)5-8-23-9-10-24-18-25-11-14-27(28-4-3-17-56-28)49(25)38(39,40)48(23)24/h3-14,17-18,20-21,31-33,37,51-52H,2,15-16,19H2,1H3,(H,41,53)(H,42,50)(H,43,44,45)/b8-5+/t31-,32+,33-,37+/m0/s1. The number of nitrogens with one attached hydrogen (secondary N) is 3. The van der Waals surface area contributed by atoms with Gasteiger partial charge in [0.1, 0.15) is 24.3 Å². The van der Waals surface area contributed by atoms with Crippen LogP contribution in [0.25, 0.3) is 29.4 Å². The molecule has 0 unspecified atom stereocenters. The summed E-state index contributed by atoms with van der Waals surface area (Å²) < 4.78 is 47.2. The van der Waals surface area contributed by atoms with Crippen LogP contribution >= 0.6 is 11.3 Å². The monoisotopic (exact) mass is 783 g/mol. The highest BCUT2D eigenvalue weighted by Crippen LogP contribution is 2.35. The Labute approximate surface area is 322 Å².